The van der Waals surface area contributed by atoms with E-state index in [-0.39, 0.29) is 40.5 Å². The molecule has 13 heteroatoms. The molecule has 0 radical (unpaired) electrons. The van der Waals surface area contributed by atoms with Gasteiger partial charge in [0.25, 0.3) is 0 Å². The number of likely N-dealkylation sites (tertiary alicyclic amines) is 1. The molecule has 8 nitrogen and oxygen atoms in total. The third-order valence-corrected chi connectivity index (χ3v) is 6.46. The summed E-state index contributed by atoms with van der Waals surface area (Å²) < 4.78 is 31.7. The Morgan fingerprint density at radius 1 is 1.15 bits per heavy atom. The minimum Gasteiger partial charge on any atom is -0.508 e. The average molecular weight is 528 g/mol. The number of hydrogen-bond acceptors (Lipinski definition) is 5. The number of hydrogen-bond donors (Lipinski definition) is 4. The molecule has 4 N–H and O–H groups in total. The topological polar surface area (TPSA) is 119 Å². The molecule has 2 aliphatic heterocycles. The van der Waals surface area contributed by atoms with Gasteiger partial charge in [0.1, 0.15) is 5.75 Å². The van der Waals surface area contributed by atoms with Gasteiger partial charge in [-0.1, -0.05) is 23.2 Å². The number of phenols is 1. The van der Waals surface area contributed by atoms with Gasteiger partial charge in [0.15, 0.2) is 0 Å². The Balaban J connectivity index is 0.000000509. The standard InChI is InChI=1S/C19H25Cl2N3O3.C2HF3O2/c1-11(25)23-18(14-8-15(20)16(21)9-17(14)26)12-3-6-24(7-4-12)19(27)13-2-5-22-10-13;3-2(4,5)1(6)7/h8-9,12-13,18,22,26H,2-7,10H2,1H3,(H,23,25);(H,6,7)/t13-,18?;/m1./s1. The number of carboxylic acids is 1. The Bertz CT molecular complexity index is 902. The molecule has 2 saturated heterocycles. The van der Waals surface area contributed by atoms with Crippen LogP contribution < -0.4 is 10.6 Å². The number of nitrogens with one attached hydrogen (secondary N) is 2. The summed E-state index contributed by atoms with van der Waals surface area (Å²) in [5, 5.41) is 24.2. The van der Waals surface area contributed by atoms with Crippen molar-refractivity contribution in [2.24, 2.45) is 11.8 Å². The first kappa shape index (κ1) is 28.0. The molecular weight excluding hydrogens is 502 g/mol. The summed E-state index contributed by atoms with van der Waals surface area (Å²) in [5.74, 6) is -2.53. The summed E-state index contributed by atoms with van der Waals surface area (Å²) in [4.78, 5) is 35.2. The Kier molecular flexibility index (Phi) is 9.84. The Hall–Kier alpha value is -2.24. The summed E-state index contributed by atoms with van der Waals surface area (Å²) in [7, 11) is 0. The summed E-state index contributed by atoms with van der Waals surface area (Å²) in [5.41, 5.74) is 0.560. The zero-order chi connectivity index (χ0) is 25.6. The van der Waals surface area contributed by atoms with Crippen LogP contribution in [-0.2, 0) is 14.4 Å². The number of carbonyl (C=O) groups is 3. The van der Waals surface area contributed by atoms with Gasteiger partial charge in [-0.05, 0) is 37.8 Å². The van der Waals surface area contributed by atoms with Gasteiger partial charge in [0.05, 0.1) is 22.0 Å². The van der Waals surface area contributed by atoms with Crippen molar-refractivity contribution in [3.05, 3.63) is 27.7 Å². The number of alkyl halides is 3. The summed E-state index contributed by atoms with van der Waals surface area (Å²) in [6.45, 7) is 4.40. The van der Waals surface area contributed by atoms with Gasteiger partial charge in [-0.15, -0.1) is 0 Å². The fourth-order valence-corrected chi connectivity index (χ4v) is 4.38. The number of phenolic OH excluding ortho intramolecular Hbond substituents is 1. The monoisotopic (exact) mass is 527 g/mol. The lowest BCUT2D eigenvalue weighted by Gasteiger charge is -2.37. The second kappa shape index (κ2) is 11.9. The van der Waals surface area contributed by atoms with Gasteiger partial charge < -0.3 is 25.7 Å². The fraction of sp³-hybridized carbons (Fsp3) is 0.571. The third-order valence-electron chi connectivity index (χ3n) is 5.74. The van der Waals surface area contributed by atoms with Gasteiger partial charge in [-0.25, -0.2) is 4.79 Å². The van der Waals surface area contributed by atoms with Crippen molar-refractivity contribution in [3.8, 4) is 5.75 Å². The average Bonchev–Trinajstić information content (AvgIpc) is 3.29. The number of amides is 2. The molecule has 2 fully saturated rings. The van der Waals surface area contributed by atoms with Crippen LogP contribution in [-0.4, -0.2) is 65.3 Å². The van der Waals surface area contributed by atoms with Gasteiger partial charge in [0, 0.05) is 38.2 Å². The maximum atomic E-state index is 12.6. The number of rotatable bonds is 4. The molecule has 2 heterocycles. The van der Waals surface area contributed by atoms with Crippen LogP contribution in [0.25, 0.3) is 0 Å². The van der Waals surface area contributed by atoms with Crippen LogP contribution in [0.3, 0.4) is 0 Å². The molecular formula is C21H26Cl2F3N3O5. The first-order valence-corrected chi connectivity index (χ1v) is 11.3. The predicted octanol–water partition coefficient (Wildman–Crippen LogP) is 3.36. The number of carbonyl (C=O) groups excluding carboxylic acids is 2. The minimum absolute atomic E-state index is 0.0127. The molecule has 2 amide bonds. The zero-order valence-electron chi connectivity index (χ0n) is 18.3. The van der Waals surface area contributed by atoms with Crippen LogP contribution in [0.2, 0.25) is 10.0 Å². The highest BCUT2D eigenvalue weighted by atomic mass is 35.5. The van der Waals surface area contributed by atoms with E-state index < -0.39 is 12.1 Å². The van der Waals surface area contributed by atoms with E-state index in [1.54, 1.807) is 6.07 Å². The molecule has 0 aromatic heterocycles. The van der Waals surface area contributed by atoms with Crippen molar-refractivity contribution in [2.75, 3.05) is 26.2 Å². The second-order valence-corrected chi connectivity index (χ2v) is 8.97. The molecule has 34 heavy (non-hydrogen) atoms. The van der Waals surface area contributed by atoms with E-state index in [2.05, 4.69) is 10.6 Å². The van der Waals surface area contributed by atoms with Crippen molar-refractivity contribution in [3.63, 3.8) is 0 Å². The van der Waals surface area contributed by atoms with E-state index in [0.29, 0.717) is 23.7 Å². The molecule has 0 bridgehead atoms. The second-order valence-electron chi connectivity index (χ2n) is 8.16. The van der Waals surface area contributed by atoms with Crippen molar-refractivity contribution in [1.82, 2.24) is 15.5 Å². The van der Waals surface area contributed by atoms with E-state index >= 15 is 0 Å². The highest BCUT2D eigenvalue weighted by Crippen LogP contribution is 2.39. The largest absolute Gasteiger partial charge is 0.508 e. The number of nitrogens with zero attached hydrogens (tertiary/aromatic N) is 1. The van der Waals surface area contributed by atoms with Crippen LogP contribution in [0.4, 0.5) is 13.2 Å². The Morgan fingerprint density at radius 2 is 1.71 bits per heavy atom. The van der Waals surface area contributed by atoms with Crippen molar-refractivity contribution in [2.45, 2.75) is 38.4 Å². The minimum atomic E-state index is -5.08. The van der Waals surface area contributed by atoms with Gasteiger partial charge in [0.2, 0.25) is 11.8 Å². The smallest absolute Gasteiger partial charge is 0.490 e. The number of carboxylic acid groups (broad SMARTS) is 1. The van der Waals surface area contributed by atoms with Crippen molar-refractivity contribution < 1.29 is 37.8 Å². The van der Waals surface area contributed by atoms with Gasteiger partial charge >= 0.3 is 12.1 Å². The lowest BCUT2D eigenvalue weighted by atomic mass is 9.84. The third kappa shape index (κ3) is 7.64. The summed E-state index contributed by atoms with van der Waals surface area (Å²) in [6, 6.07) is 2.64. The van der Waals surface area contributed by atoms with Gasteiger partial charge in [-0.2, -0.15) is 13.2 Å². The van der Waals surface area contributed by atoms with Crippen LogP contribution >= 0.6 is 23.2 Å². The molecule has 1 aromatic rings. The molecule has 0 aliphatic carbocycles. The number of halogens is 5. The number of aromatic hydroxyl groups is 1. The predicted molar refractivity (Wildman–Crippen MR) is 119 cm³/mol. The molecule has 2 aliphatic rings. The van der Waals surface area contributed by atoms with E-state index in [9.17, 15) is 27.9 Å². The molecule has 0 saturated carbocycles. The fourth-order valence-electron chi connectivity index (χ4n) is 4.05. The quantitative estimate of drug-likeness (QED) is 0.476. The lowest BCUT2D eigenvalue weighted by Crippen LogP contribution is -2.45. The Labute approximate surface area is 204 Å². The number of benzene rings is 1. The van der Waals surface area contributed by atoms with Crippen molar-refractivity contribution >= 4 is 41.0 Å². The molecule has 1 unspecified atom stereocenters. The molecule has 0 spiro atoms. The van der Waals surface area contributed by atoms with Gasteiger partial charge in [-0.3, -0.25) is 9.59 Å². The molecule has 190 valence electrons. The summed E-state index contributed by atoms with van der Waals surface area (Å²) in [6.07, 6.45) is -2.70. The van der Waals surface area contributed by atoms with E-state index in [1.807, 2.05) is 4.90 Å². The highest BCUT2D eigenvalue weighted by molar-refractivity contribution is 6.42. The van der Waals surface area contributed by atoms with Crippen LogP contribution in [0.15, 0.2) is 12.1 Å². The maximum Gasteiger partial charge on any atom is 0.490 e. The van der Waals surface area contributed by atoms with Crippen molar-refractivity contribution in [1.29, 1.82) is 0 Å². The summed E-state index contributed by atoms with van der Waals surface area (Å²) >= 11 is 12.1. The maximum absolute atomic E-state index is 12.6. The zero-order valence-corrected chi connectivity index (χ0v) is 19.8. The lowest BCUT2D eigenvalue weighted by molar-refractivity contribution is -0.192. The first-order valence-electron chi connectivity index (χ1n) is 10.6. The normalized spacial score (nSPS) is 19.7. The van der Waals surface area contributed by atoms with Crippen LogP contribution in [0.5, 0.6) is 5.75 Å². The SMILES string of the molecule is CC(=O)NC(c1cc(Cl)c(Cl)cc1O)C1CCN(C(=O)[C@@H]2CCNC2)CC1.O=C(O)C(F)(F)F. The molecule has 2 atom stereocenters. The first-order chi connectivity index (χ1) is 15.8. The Morgan fingerprint density at radius 3 is 2.18 bits per heavy atom. The van der Waals surface area contributed by atoms with Crippen LogP contribution in [0.1, 0.15) is 37.8 Å². The van der Waals surface area contributed by atoms with E-state index in [4.69, 9.17) is 33.1 Å². The number of piperidine rings is 1. The molecule has 1 aromatic carbocycles. The molecule has 3 rings (SSSR count). The van der Waals surface area contributed by atoms with Crippen LogP contribution in [0, 0.1) is 11.8 Å². The van der Waals surface area contributed by atoms with E-state index in [1.165, 1.54) is 13.0 Å². The number of aliphatic carboxylic acids is 1. The van der Waals surface area contributed by atoms with E-state index in [0.717, 1.165) is 32.4 Å². The highest BCUT2D eigenvalue weighted by Gasteiger charge is 2.38.